The molecule has 0 bridgehead atoms. The van der Waals surface area contributed by atoms with Crippen molar-refractivity contribution in [2.45, 2.75) is 71.1 Å². The Kier molecular flexibility index (Phi) is 5.67. The van der Waals surface area contributed by atoms with Crippen molar-refractivity contribution in [1.29, 1.82) is 0 Å². The van der Waals surface area contributed by atoms with E-state index in [-0.39, 0.29) is 6.10 Å². The number of aliphatic hydroxyl groups excluding tert-OH is 1. The van der Waals surface area contributed by atoms with Crippen molar-refractivity contribution in [1.82, 2.24) is 10.2 Å². The van der Waals surface area contributed by atoms with Crippen LogP contribution in [0.3, 0.4) is 0 Å². The zero-order chi connectivity index (χ0) is 13.8. The van der Waals surface area contributed by atoms with Gasteiger partial charge in [-0.25, -0.2) is 0 Å². The lowest BCUT2D eigenvalue weighted by molar-refractivity contribution is 0.0211. The van der Waals surface area contributed by atoms with Crippen LogP contribution in [-0.4, -0.2) is 47.8 Å². The van der Waals surface area contributed by atoms with E-state index in [1.807, 2.05) is 0 Å². The number of rotatable bonds is 7. The highest BCUT2D eigenvalue weighted by molar-refractivity contribution is 4.89. The molecule has 0 aromatic rings. The third-order valence-corrected chi connectivity index (χ3v) is 5.08. The molecule has 0 aromatic carbocycles. The molecular formula is C16H32N2O. The molecule has 4 atom stereocenters. The summed E-state index contributed by atoms with van der Waals surface area (Å²) in [6.45, 7) is 10.1. The molecule has 3 heteroatoms. The highest BCUT2D eigenvalue weighted by atomic mass is 16.3. The van der Waals surface area contributed by atoms with Gasteiger partial charge in [0.2, 0.25) is 0 Å². The Balaban J connectivity index is 1.89. The molecule has 0 aromatic heterocycles. The summed E-state index contributed by atoms with van der Waals surface area (Å²) in [5, 5.41) is 14.0. The molecular weight excluding hydrogens is 236 g/mol. The van der Waals surface area contributed by atoms with Crippen molar-refractivity contribution in [3.05, 3.63) is 0 Å². The smallest absolute Gasteiger partial charge is 0.0578 e. The van der Waals surface area contributed by atoms with Gasteiger partial charge in [-0.3, -0.25) is 4.90 Å². The number of aliphatic hydroxyl groups is 1. The summed E-state index contributed by atoms with van der Waals surface area (Å²) in [5.41, 5.74) is 0. The molecule has 4 unspecified atom stereocenters. The van der Waals surface area contributed by atoms with Gasteiger partial charge in [-0.05, 0) is 57.4 Å². The number of hydrogen-bond donors (Lipinski definition) is 2. The van der Waals surface area contributed by atoms with E-state index in [0.29, 0.717) is 18.0 Å². The van der Waals surface area contributed by atoms with E-state index in [1.54, 1.807) is 0 Å². The molecule has 0 amide bonds. The van der Waals surface area contributed by atoms with Crippen LogP contribution in [0.5, 0.6) is 0 Å². The van der Waals surface area contributed by atoms with E-state index in [4.69, 9.17) is 0 Å². The summed E-state index contributed by atoms with van der Waals surface area (Å²) in [6.07, 6.45) is 5.93. The van der Waals surface area contributed by atoms with Crippen molar-refractivity contribution < 1.29 is 5.11 Å². The van der Waals surface area contributed by atoms with Gasteiger partial charge in [-0.2, -0.15) is 0 Å². The molecule has 0 spiro atoms. The third kappa shape index (κ3) is 4.44. The summed E-state index contributed by atoms with van der Waals surface area (Å²) in [5.74, 6) is 1.39. The van der Waals surface area contributed by atoms with Crippen molar-refractivity contribution in [2.24, 2.45) is 11.8 Å². The van der Waals surface area contributed by atoms with Gasteiger partial charge < -0.3 is 10.4 Å². The molecule has 1 aliphatic heterocycles. The van der Waals surface area contributed by atoms with Crippen molar-refractivity contribution in [3.63, 3.8) is 0 Å². The van der Waals surface area contributed by atoms with Gasteiger partial charge >= 0.3 is 0 Å². The second-order valence-electron chi connectivity index (χ2n) is 6.73. The van der Waals surface area contributed by atoms with Crippen LogP contribution < -0.4 is 5.32 Å². The van der Waals surface area contributed by atoms with Gasteiger partial charge in [0.15, 0.2) is 0 Å². The van der Waals surface area contributed by atoms with Crippen LogP contribution in [0, 0.1) is 11.8 Å². The zero-order valence-electron chi connectivity index (χ0n) is 12.9. The minimum atomic E-state index is -0.128. The number of hydrogen-bond acceptors (Lipinski definition) is 3. The highest BCUT2D eigenvalue weighted by Gasteiger charge is 2.33. The van der Waals surface area contributed by atoms with Crippen LogP contribution in [0.4, 0.5) is 0 Å². The average molecular weight is 268 g/mol. The SMILES string of the molecule is CCC(O)C1CC(NCC2CC2)CN(C(C)CC)C1. The second-order valence-corrected chi connectivity index (χ2v) is 6.73. The first kappa shape index (κ1) is 15.3. The zero-order valence-corrected chi connectivity index (χ0v) is 12.9. The molecule has 2 rings (SSSR count). The molecule has 2 fully saturated rings. The van der Waals surface area contributed by atoms with Crippen molar-refractivity contribution in [2.75, 3.05) is 19.6 Å². The van der Waals surface area contributed by atoms with Crippen molar-refractivity contribution >= 4 is 0 Å². The Morgan fingerprint density at radius 3 is 2.53 bits per heavy atom. The van der Waals surface area contributed by atoms with E-state index in [9.17, 15) is 5.11 Å². The first-order valence-electron chi connectivity index (χ1n) is 8.29. The summed E-state index contributed by atoms with van der Waals surface area (Å²) in [6, 6.07) is 1.21. The summed E-state index contributed by atoms with van der Waals surface area (Å²) < 4.78 is 0. The molecule has 1 heterocycles. The minimum Gasteiger partial charge on any atom is -0.393 e. The van der Waals surface area contributed by atoms with Crippen LogP contribution in [0.1, 0.15) is 52.9 Å². The van der Waals surface area contributed by atoms with E-state index in [1.165, 1.54) is 25.8 Å². The van der Waals surface area contributed by atoms with Gasteiger partial charge in [0.1, 0.15) is 0 Å². The molecule has 19 heavy (non-hydrogen) atoms. The molecule has 0 radical (unpaired) electrons. The highest BCUT2D eigenvalue weighted by Crippen LogP contribution is 2.29. The summed E-state index contributed by atoms with van der Waals surface area (Å²) in [4.78, 5) is 2.58. The monoisotopic (exact) mass is 268 g/mol. The topological polar surface area (TPSA) is 35.5 Å². The summed E-state index contributed by atoms with van der Waals surface area (Å²) in [7, 11) is 0. The Morgan fingerprint density at radius 1 is 1.21 bits per heavy atom. The molecule has 3 nitrogen and oxygen atoms in total. The van der Waals surface area contributed by atoms with Crippen LogP contribution in [-0.2, 0) is 0 Å². The predicted octanol–water partition coefficient (Wildman–Crippen LogP) is 2.25. The first-order valence-corrected chi connectivity index (χ1v) is 8.29. The predicted molar refractivity (Wildman–Crippen MR) is 80.2 cm³/mol. The minimum absolute atomic E-state index is 0.128. The van der Waals surface area contributed by atoms with E-state index >= 15 is 0 Å². The molecule has 1 aliphatic carbocycles. The maximum atomic E-state index is 10.2. The molecule has 2 N–H and O–H groups in total. The van der Waals surface area contributed by atoms with Gasteiger partial charge in [-0.1, -0.05) is 13.8 Å². The number of nitrogens with one attached hydrogen (secondary N) is 1. The first-order chi connectivity index (χ1) is 9.13. The normalized spacial score (nSPS) is 32.2. The fourth-order valence-corrected chi connectivity index (χ4v) is 3.21. The van der Waals surface area contributed by atoms with Crippen LogP contribution in [0.25, 0.3) is 0 Å². The summed E-state index contributed by atoms with van der Waals surface area (Å²) >= 11 is 0. The van der Waals surface area contributed by atoms with E-state index < -0.39 is 0 Å². The molecule has 1 saturated carbocycles. The quantitative estimate of drug-likeness (QED) is 0.743. The van der Waals surface area contributed by atoms with E-state index in [2.05, 4.69) is 31.0 Å². The van der Waals surface area contributed by atoms with Crippen LogP contribution in [0.15, 0.2) is 0 Å². The fraction of sp³-hybridized carbons (Fsp3) is 1.00. The number of piperidine rings is 1. The maximum absolute atomic E-state index is 10.2. The van der Waals surface area contributed by atoms with Crippen LogP contribution >= 0.6 is 0 Å². The maximum Gasteiger partial charge on any atom is 0.0578 e. The third-order valence-electron chi connectivity index (χ3n) is 5.08. The van der Waals surface area contributed by atoms with Gasteiger partial charge in [-0.15, -0.1) is 0 Å². The lowest BCUT2D eigenvalue weighted by Gasteiger charge is -2.42. The standard InChI is InChI=1S/C16H32N2O/c1-4-12(3)18-10-14(16(19)5-2)8-15(11-18)17-9-13-6-7-13/h12-17,19H,4-11H2,1-3H3. The number of nitrogens with zero attached hydrogens (tertiary/aromatic N) is 1. The lowest BCUT2D eigenvalue weighted by Crippen LogP contribution is -2.54. The Hall–Kier alpha value is -0.120. The van der Waals surface area contributed by atoms with E-state index in [0.717, 1.165) is 31.8 Å². The number of likely N-dealkylation sites (tertiary alicyclic amines) is 1. The fourth-order valence-electron chi connectivity index (χ4n) is 3.21. The van der Waals surface area contributed by atoms with Gasteiger partial charge in [0.25, 0.3) is 0 Å². The average Bonchev–Trinajstić information content (AvgIpc) is 3.27. The largest absolute Gasteiger partial charge is 0.393 e. The molecule has 112 valence electrons. The van der Waals surface area contributed by atoms with Crippen molar-refractivity contribution in [3.8, 4) is 0 Å². The Morgan fingerprint density at radius 2 is 1.95 bits per heavy atom. The van der Waals surface area contributed by atoms with Crippen LogP contribution in [0.2, 0.25) is 0 Å². The van der Waals surface area contributed by atoms with Gasteiger partial charge in [0, 0.05) is 25.2 Å². The lowest BCUT2D eigenvalue weighted by atomic mass is 9.87. The molecule has 1 saturated heterocycles. The second kappa shape index (κ2) is 7.05. The van der Waals surface area contributed by atoms with Gasteiger partial charge in [0.05, 0.1) is 6.10 Å². The molecule has 2 aliphatic rings. The Labute approximate surface area is 118 Å². The Bertz CT molecular complexity index is 249.